The molecule has 0 aliphatic carbocycles. The molecular weight excluding hydrogens is 731 g/mol. The number of likely N-dealkylation sites (N-methyl/N-ethyl adjacent to an activating group) is 1. The molecule has 56 heavy (non-hydrogen) atoms. The van der Waals surface area contributed by atoms with Crippen LogP contribution in [0.3, 0.4) is 0 Å². The van der Waals surface area contributed by atoms with Crippen LogP contribution in [-0.2, 0) is 32.7 Å². The van der Waals surface area contributed by atoms with Gasteiger partial charge in [-0.15, -0.1) is 0 Å². The molecule has 0 aromatic rings. The van der Waals surface area contributed by atoms with Crippen molar-refractivity contribution in [2.24, 2.45) is 5.11 Å². The topological polar surface area (TPSA) is 157 Å². The normalized spacial score (nSPS) is 13.4. The summed E-state index contributed by atoms with van der Waals surface area (Å²) in [4.78, 5) is 38.3. The van der Waals surface area contributed by atoms with Crippen molar-refractivity contribution in [3.05, 3.63) is 22.6 Å². The fraction of sp³-hybridized carbons (Fsp3) is 0.907. The monoisotopic (exact) mass is 816 g/mol. The van der Waals surface area contributed by atoms with E-state index in [1.165, 1.54) is 109 Å². The number of phosphoric acid groups is 1. The molecule has 0 fully saturated rings. The van der Waals surface area contributed by atoms with Gasteiger partial charge in [0.2, 0.25) is 0 Å². The first kappa shape index (κ1) is 54.1. The van der Waals surface area contributed by atoms with Gasteiger partial charge in [0, 0.05) is 17.8 Å². The van der Waals surface area contributed by atoms with Gasteiger partial charge in [-0.2, -0.15) is 0 Å². The smallest absolute Gasteiger partial charge is 0.462 e. The van der Waals surface area contributed by atoms with Crippen molar-refractivity contribution in [3.8, 4) is 0 Å². The maximum absolute atomic E-state index is 12.7. The Morgan fingerprint density at radius 2 is 1.11 bits per heavy atom. The molecule has 0 aromatic carbocycles. The molecule has 1 N–H and O–H groups in total. The maximum Gasteiger partial charge on any atom is 0.472 e. The second-order valence-electron chi connectivity index (χ2n) is 16.1. The average Bonchev–Trinajstić information content (AvgIpc) is 3.16. The minimum atomic E-state index is -4.48. The van der Waals surface area contributed by atoms with Gasteiger partial charge in [-0.1, -0.05) is 160 Å². The van der Waals surface area contributed by atoms with Crippen LogP contribution in [0.25, 0.3) is 10.4 Å². The molecule has 328 valence electrons. The first-order chi connectivity index (χ1) is 27.0. The zero-order chi connectivity index (χ0) is 41.4. The van der Waals surface area contributed by atoms with E-state index in [0.717, 1.165) is 51.4 Å². The van der Waals surface area contributed by atoms with Gasteiger partial charge in [0.15, 0.2) is 6.10 Å². The number of hydrogen-bond donors (Lipinski definition) is 1. The molecule has 0 bridgehead atoms. The third kappa shape index (κ3) is 38.9. The summed E-state index contributed by atoms with van der Waals surface area (Å²) in [5.41, 5.74) is 8.50. The van der Waals surface area contributed by atoms with Crippen LogP contribution < -0.4 is 0 Å². The molecule has 0 radical (unpaired) electrons. The fourth-order valence-electron chi connectivity index (χ4n) is 6.34. The van der Waals surface area contributed by atoms with Crippen molar-refractivity contribution >= 4 is 19.8 Å². The zero-order valence-corrected chi connectivity index (χ0v) is 37.2. The SMILES string of the molecule is CCCCCCCC/C=C\CCCCCCCC(=O)O[C@H](COC(=O)CCCCCCCCCCCCCCC)COP(=O)(O)OCC[N+](C)(C)CCN=[N+]=[N-]. The first-order valence-corrected chi connectivity index (χ1v) is 24.0. The van der Waals surface area contributed by atoms with Crippen LogP contribution in [0.2, 0.25) is 0 Å². The quantitative estimate of drug-likeness (QED) is 0.00932. The summed E-state index contributed by atoms with van der Waals surface area (Å²) < 4.78 is 34.4. The van der Waals surface area contributed by atoms with Crippen LogP contribution >= 0.6 is 7.82 Å². The molecule has 0 aromatic heterocycles. The zero-order valence-electron chi connectivity index (χ0n) is 36.3. The standard InChI is InChI=1S/C43H83N4O8P/c1-5-7-9-11-13-15-17-19-20-22-24-26-28-30-32-34-43(49)55-41(40-54-56(50,51)53-38-37-47(3,4)36-35-45-46-44)39-52-42(48)33-31-29-27-25-23-21-18-16-14-12-10-8-6-2/h19-20,41H,5-18,21-40H2,1-4H3/p+1/b20-19-/t41-/m1/s1. The number of quaternary nitrogens is 1. The maximum atomic E-state index is 12.7. The third-order valence-electron chi connectivity index (χ3n) is 10.1. The molecular formula is C43H84N4O8P+. The van der Waals surface area contributed by atoms with Crippen molar-refractivity contribution < 1.29 is 42.1 Å². The molecule has 0 aliphatic rings. The molecule has 13 heteroatoms. The number of esters is 2. The highest BCUT2D eigenvalue weighted by Crippen LogP contribution is 2.43. The van der Waals surface area contributed by atoms with Gasteiger partial charge in [-0.25, -0.2) is 4.57 Å². The predicted molar refractivity (Wildman–Crippen MR) is 228 cm³/mol. The molecule has 2 atom stereocenters. The number of unbranched alkanes of at least 4 members (excludes halogenated alkanes) is 23. The van der Waals surface area contributed by atoms with Crippen LogP contribution in [0.15, 0.2) is 17.3 Å². The molecule has 0 aliphatic heterocycles. The van der Waals surface area contributed by atoms with E-state index in [9.17, 15) is 19.0 Å². The first-order valence-electron chi connectivity index (χ1n) is 22.5. The minimum absolute atomic E-state index is 0.0783. The largest absolute Gasteiger partial charge is 0.472 e. The van der Waals surface area contributed by atoms with E-state index < -0.39 is 32.5 Å². The summed E-state index contributed by atoms with van der Waals surface area (Å²) in [6.45, 7) is 4.89. The van der Waals surface area contributed by atoms with Crippen molar-refractivity contribution in [3.63, 3.8) is 0 Å². The lowest BCUT2D eigenvalue weighted by Crippen LogP contribution is -2.44. The number of carbonyl (C=O) groups excluding carboxylic acids is 2. The Bertz CT molecular complexity index is 1070. The van der Waals surface area contributed by atoms with Gasteiger partial charge in [-0.05, 0) is 44.1 Å². The highest BCUT2D eigenvalue weighted by Gasteiger charge is 2.27. The Kier molecular flexibility index (Phi) is 37.2. The summed E-state index contributed by atoms with van der Waals surface area (Å²) in [6.07, 6.45) is 34.9. The van der Waals surface area contributed by atoms with E-state index in [4.69, 9.17) is 24.1 Å². The van der Waals surface area contributed by atoms with E-state index in [2.05, 4.69) is 36.0 Å². The van der Waals surface area contributed by atoms with Crippen molar-refractivity contribution in [1.29, 1.82) is 0 Å². The number of ether oxygens (including phenoxy) is 2. The highest BCUT2D eigenvalue weighted by atomic mass is 31.2. The van der Waals surface area contributed by atoms with Crippen molar-refractivity contribution in [1.82, 2.24) is 0 Å². The fourth-order valence-corrected chi connectivity index (χ4v) is 7.08. The number of hydrogen-bond acceptors (Lipinski definition) is 8. The number of azide groups is 1. The summed E-state index contributed by atoms with van der Waals surface area (Å²) in [7, 11) is -0.709. The van der Waals surface area contributed by atoms with Crippen LogP contribution in [-0.4, -0.2) is 81.0 Å². The van der Waals surface area contributed by atoms with Gasteiger partial charge >= 0.3 is 19.8 Å². The Balaban J connectivity index is 4.57. The van der Waals surface area contributed by atoms with Crippen molar-refractivity contribution in [2.75, 3.05) is 53.6 Å². The van der Waals surface area contributed by atoms with E-state index in [1.807, 2.05) is 14.1 Å². The minimum Gasteiger partial charge on any atom is -0.462 e. The molecule has 1 unspecified atom stereocenters. The Labute approximate surface area is 342 Å². The Morgan fingerprint density at radius 3 is 1.59 bits per heavy atom. The summed E-state index contributed by atoms with van der Waals surface area (Å²) in [6, 6.07) is 0. The molecule has 0 spiro atoms. The van der Waals surface area contributed by atoms with Gasteiger partial charge in [-0.3, -0.25) is 18.6 Å². The Hall–Kier alpha value is -1.94. The van der Waals surface area contributed by atoms with Gasteiger partial charge in [0.1, 0.15) is 19.8 Å². The number of carbonyl (C=O) groups is 2. The van der Waals surface area contributed by atoms with Crippen LogP contribution in [0.5, 0.6) is 0 Å². The summed E-state index contributed by atoms with van der Waals surface area (Å²) in [5.74, 6) is -0.855. The van der Waals surface area contributed by atoms with Crippen LogP contribution in [0.1, 0.15) is 194 Å². The molecule has 0 saturated carbocycles. The van der Waals surface area contributed by atoms with Crippen molar-refractivity contribution in [2.45, 2.75) is 200 Å². The van der Waals surface area contributed by atoms with E-state index >= 15 is 0 Å². The van der Waals surface area contributed by atoms with Crippen LogP contribution in [0.4, 0.5) is 0 Å². The number of rotatable bonds is 42. The molecule has 0 heterocycles. The van der Waals surface area contributed by atoms with Gasteiger partial charge in [0.05, 0.1) is 33.8 Å². The second-order valence-corrected chi connectivity index (χ2v) is 17.5. The third-order valence-corrected chi connectivity index (χ3v) is 11.1. The number of nitrogens with zero attached hydrogens (tertiary/aromatic N) is 4. The van der Waals surface area contributed by atoms with Crippen LogP contribution in [0, 0.1) is 0 Å². The molecule has 0 amide bonds. The van der Waals surface area contributed by atoms with E-state index in [0.29, 0.717) is 30.5 Å². The second kappa shape index (κ2) is 38.6. The molecule has 12 nitrogen and oxygen atoms in total. The molecule has 0 saturated heterocycles. The Morgan fingerprint density at radius 1 is 0.661 bits per heavy atom. The van der Waals surface area contributed by atoms with Gasteiger partial charge in [0.25, 0.3) is 0 Å². The van der Waals surface area contributed by atoms with E-state index in [1.54, 1.807) is 0 Å². The van der Waals surface area contributed by atoms with Gasteiger partial charge < -0.3 is 18.9 Å². The predicted octanol–water partition coefficient (Wildman–Crippen LogP) is 12.5. The average molecular weight is 816 g/mol. The molecule has 0 rings (SSSR count). The summed E-state index contributed by atoms with van der Waals surface area (Å²) in [5, 5.41) is 3.54. The lowest BCUT2D eigenvalue weighted by atomic mass is 10.0. The lowest BCUT2D eigenvalue weighted by molar-refractivity contribution is -0.888. The lowest BCUT2D eigenvalue weighted by Gasteiger charge is -2.29. The summed E-state index contributed by atoms with van der Waals surface area (Å²) >= 11 is 0. The van der Waals surface area contributed by atoms with E-state index in [-0.39, 0.29) is 26.1 Å². The highest BCUT2D eigenvalue weighted by molar-refractivity contribution is 7.47. The number of allylic oxidation sites excluding steroid dienone is 2. The number of phosphoric ester groups is 1.